The number of hydrogen-bond acceptors (Lipinski definition) is 6. The molecule has 0 amide bonds. The Morgan fingerprint density at radius 2 is 2.00 bits per heavy atom. The van der Waals surface area contributed by atoms with Gasteiger partial charge in [-0.2, -0.15) is 8.78 Å². The summed E-state index contributed by atoms with van der Waals surface area (Å²) in [6.07, 6.45) is 1.37. The van der Waals surface area contributed by atoms with Crippen LogP contribution in [0.15, 0.2) is 42.5 Å². The molecule has 0 spiro atoms. The Morgan fingerprint density at radius 3 is 2.68 bits per heavy atom. The number of benzene rings is 3. The summed E-state index contributed by atoms with van der Waals surface area (Å²) in [6, 6.07) is 9.67. The maximum atomic E-state index is 15.4. The van der Waals surface area contributed by atoms with E-state index in [9.17, 15) is 23.1 Å². The van der Waals surface area contributed by atoms with Gasteiger partial charge in [-0.1, -0.05) is 11.6 Å². The van der Waals surface area contributed by atoms with E-state index in [4.69, 9.17) is 26.1 Å². The molecule has 0 unspecified atom stereocenters. The van der Waals surface area contributed by atoms with Crippen molar-refractivity contribution in [1.82, 2.24) is 14.5 Å². The molecule has 2 atom stereocenters. The van der Waals surface area contributed by atoms with Gasteiger partial charge >= 0.3 is 12.6 Å². The van der Waals surface area contributed by atoms with E-state index in [0.29, 0.717) is 54.8 Å². The van der Waals surface area contributed by atoms with E-state index in [1.54, 1.807) is 4.57 Å². The number of hydrogen-bond donors (Lipinski definition) is 1. The van der Waals surface area contributed by atoms with E-state index in [2.05, 4.69) is 9.64 Å². The quantitative estimate of drug-likeness (QED) is 0.193. The van der Waals surface area contributed by atoms with Crippen LogP contribution in [0.3, 0.4) is 0 Å². The number of aromatic carboxylic acids is 1. The lowest BCUT2D eigenvalue weighted by Gasteiger charge is -2.36. The molecule has 1 saturated heterocycles. The molecule has 1 fully saturated rings. The van der Waals surface area contributed by atoms with Gasteiger partial charge in [-0.25, -0.2) is 18.6 Å². The standard InChI is InChI=1S/C31H28ClF4N3O5/c1-16-22-12-26(43-15-18-2-3-19(11-24(18)33)44-31(35)36)23(32)10-17(22)6-8-38(16)14-27-37-25-5-4-21(30(40)41)28(34)29(25)39(27)13-20-7-9-42-20/h2-5,10-12,16,20,31H,6-9,13-15H2,1H3,(H,40,41)/t16-,20-/m0/s1. The second-order valence-electron chi connectivity index (χ2n) is 10.8. The van der Waals surface area contributed by atoms with Crippen molar-refractivity contribution in [3.8, 4) is 11.5 Å². The largest absolute Gasteiger partial charge is 0.487 e. The molecule has 6 rings (SSSR count). The average molecular weight is 634 g/mol. The van der Waals surface area contributed by atoms with Crippen LogP contribution in [0.2, 0.25) is 5.02 Å². The van der Waals surface area contributed by atoms with Crippen molar-refractivity contribution >= 4 is 28.6 Å². The number of imidazole rings is 1. The Morgan fingerprint density at radius 1 is 1.20 bits per heavy atom. The summed E-state index contributed by atoms with van der Waals surface area (Å²) in [6.45, 7) is 0.763. The summed E-state index contributed by atoms with van der Waals surface area (Å²) >= 11 is 6.51. The van der Waals surface area contributed by atoms with Gasteiger partial charge in [0.05, 0.1) is 35.3 Å². The summed E-state index contributed by atoms with van der Waals surface area (Å²) in [5, 5.41) is 9.83. The van der Waals surface area contributed by atoms with E-state index in [-0.39, 0.29) is 35.6 Å². The molecular formula is C31H28ClF4N3O5. The van der Waals surface area contributed by atoms with Crippen LogP contribution in [0.5, 0.6) is 11.5 Å². The van der Waals surface area contributed by atoms with Gasteiger partial charge in [-0.05, 0) is 67.3 Å². The minimum Gasteiger partial charge on any atom is -0.487 e. The van der Waals surface area contributed by atoms with E-state index >= 15 is 4.39 Å². The Bertz CT molecular complexity index is 1730. The van der Waals surface area contributed by atoms with Gasteiger partial charge in [-0.15, -0.1) is 0 Å². The molecule has 0 saturated carbocycles. The molecule has 0 aliphatic carbocycles. The molecule has 3 aromatic carbocycles. The predicted octanol–water partition coefficient (Wildman–Crippen LogP) is 6.75. The monoisotopic (exact) mass is 633 g/mol. The summed E-state index contributed by atoms with van der Waals surface area (Å²) in [5.74, 6) is -2.29. The molecule has 2 aliphatic heterocycles. The highest BCUT2D eigenvalue weighted by Crippen LogP contribution is 2.38. The molecule has 44 heavy (non-hydrogen) atoms. The Kier molecular flexibility index (Phi) is 8.40. The molecule has 0 bridgehead atoms. The minimum absolute atomic E-state index is 0.113. The van der Waals surface area contributed by atoms with E-state index in [1.165, 1.54) is 24.3 Å². The highest BCUT2D eigenvalue weighted by Gasteiger charge is 2.30. The fourth-order valence-corrected chi connectivity index (χ4v) is 5.94. The lowest BCUT2D eigenvalue weighted by molar-refractivity contribution is -0.0593. The minimum atomic E-state index is -3.06. The fourth-order valence-electron chi connectivity index (χ4n) is 5.70. The molecule has 1 aromatic heterocycles. The van der Waals surface area contributed by atoms with Crippen LogP contribution < -0.4 is 9.47 Å². The first kappa shape index (κ1) is 30.2. The summed E-state index contributed by atoms with van der Waals surface area (Å²) in [5.41, 5.74) is 2.21. The molecule has 2 aliphatic rings. The number of nitrogens with zero attached hydrogens (tertiary/aromatic N) is 3. The third kappa shape index (κ3) is 5.93. The number of alkyl halides is 2. The summed E-state index contributed by atoms with van der Waals surface area (Å²) in [4.78, 5) is 18.5. The van der Waals surface area contributed by atoms with Gasteiger partial charge in [0.1, 0.15) is 35.3 Å². The van der Waals surface area contributed by atoms with Gasteiger partial charge in [0.2, 0.25) is 0 Å². The van der Waals surface area contributed by atoms with Crippen molar-refractivity contribution < 1.29 is 41.7 Å². The van der Waals surface area contributed by atoms with Crippen molar-refractivity contribution in [2.75, 3.05) is 13.2 Å². The molecule has 1 N–H and O–H groups in total. The summed E-state index contributed by atoms with van der Waals surface area (Å²) in [7, 11) is 0. The second-order valence-corrected chi connectivity index (χ2v) is 11.2. The predicted molar refractivity (Wildman–Crippen MR) is 152 cm³/mol. The van der Waals surface area contributed by atoms with Crippen LogP contribution in [0.4, 0.5) is 17.6 Å². The van der Waals surface area contributed by atoms with Crippen LogP contribution >= 0.6 is 11.6 Å². The van der Waals surface area contributed by atoms with Gasteiger partial charge in [-0.3, -0.25) is 4.90 Å². The molecule has 3 heterocycles. The third-order valence-electron chi connectivity index (χ3n) is 8.17. The normalized spacial score (nSPS) is 18.3. The lowest BCUT2D eigenvalue weighted by atomic mass is 9.93. The first-order chi connectivity index (χ1) is 21.1. The van der Waals surface area contributed by atoms with Crippen LogP contribution in [-0.4, -0.2) is 51.4 Å². The van der Waals surface area contributed by atoms with Crippen LogP contribution in [-0.2, 0) is 30.9 Å². The van der Waals surface area contributed by atoms with Gasteiger partial charge in [0.25, 0.3) is 0 Å². The maximum Gasteiger partial charge on any atom is 0.387 e. The van der Waals surface area contributed by atoms with Crippen LogP contribution in [0.25, 0.3) is 11.0 Å². The Balaban J connectivity index is 1.24. The van der Waals surface area contributed by atoms with Gasteiger partial charge < -0.3 is 23.9 Å². The number of rotatable bonds is 10. The number of halogens is 5. The van der Waals surface area contributed by atoms with Crippen molar-refractivity contribution in [2.24, 2.45) is 0 Å². The first-order valence-corrected chi connectivity index (χ1v) is 14.4. The molecule has 232 valence electrons. The zero-order valence-electron chi connectivity index (χ0n) is 23.5. The second kappa shape index (κ2) is 12.3. The van der Waals surface area contributed by atoms with Gasteiger partial charge in [0.15, 0.2) is 5.82 Å². The first-order valence-electron chi connectivity index (χ1n) is 14.0. The lowest BCUT2D eigenvalue weighted by Crippen LogP contribution is -2.36. The molecule has 4 aromatic rings. The smallest absolute Gasteiger partial charge is 0.387 e. The van der Waals surface area contributed by atoms with Crippen molar-refractivity contribution in [3.63, 3.8) is 0 Å². The van der Waals surface area contributed by atoms with E-state index in [1.807, 2.05) is 19.1 Å². The van der Waals surface area contributed by atoms with Crippen molar-refractivity contribution in [2.45, 2.75) is 58.2 Å². The van der Waals surface area contributed by atoms with Crippen LogP contribution in [0, 0.1) is 11.6 Å². The van der Waals surface area contributed by atoms with E-state index < -0.39 is 29.8 Å². The maximum absolute atomic E-state index is 15.4. The third-order valence-corrected chi connectivity index (χ3v) is 8.47. The Hall–Kier alpha value is -3.87. The summed E-state index contributed by atoms with van der Waals surface area (Å²) < 4.78 is 72.2. The van der Waals surface area contributed by atoms with E-state index in [0.717, 1.165) is 23.6 Å². The highest BCUT2D eigenvalue weighted by atomic mass is 35.5. The topological polar surface area (TPSA) is 86.0 Å². The molecule has 8 nitrogen and oxygen atoms in total. The van der Waals surface area contributed by atoms with Crippen LogP contribution in [0.1, 0.15) is 52.3 Å². The van der Waals surface area contributed by atoms with Crippen molar-refractivity contribution in [3.05, 3.63) is 87.2 Å². The number of carboxylic acid groups (broad SMARTS) is 1. The molecular weight excluding hydrogens is 606 g/mol. The SMILES string of the molecule is C[C@H]1c2cc(OCc3ccc(OC(F)F)cc3F)c(Cl)cc2CCN1Cc1nc2ccc(C(=O)O)c(F)c2n1C[C@@H]1CCO1. The zero-order valence-corrected chi connectivity index (χ0v) is 24.3. The average Bonchev–Trinajstić information content (AvgIpc) is 3.29. The fraction of sp³-hybridized carbons (Fsp3) is 0.355. The number of aromatic nitrogens is 2. The Labute approximate surface area is 254 Å². The molecule has 13 heteroatoms. The zero-order chi connectivity index (χ0) is 31.1. The highest BCUT2D eigenvalue weighted by molar-refractivity contribution is 6.32. The van der Waals surface area contributed by atoms with Gasteiger partial charge in [0, 0.05) is 30.8 Å². The molecule has 0 radical (unpaired) electrons. The number of fused-ring (bicyclic) bond motifs is 2. The van der Waals surface area contributed by atoms with Crippen molar-refractivity contribution in [1.29, 1.82) is 0 Å². The number of carboxylic acids is 1. The number of ether oxygens (including phenoxy) is 3. The number of carbonyl (C=O) groups is 1.